The highest BCUT2D eigenvalue weighted by Gasteiger charge is 2.36. The van der Waals surface area contributed by atoms with Gasteiger partial charge in [0.2, 0.25) is 0 Å². The van der Waals surface area contributed by atoms with Crippen molar-refractivity contribution in [3.8, 4) is 0 Å². The Bertz CT molecular complexity index is 590. The van der Waals surface area contributed by atoms with Crippen LogP contribution in [0.1, 0.15) is 51.2 Å². The third-order valence-electron chi connectivity index (χ3n) is 6.48. The number of nitrogens with one attached hydrogen (secondary N) is 2. The van der Waals surface area contributed by atoms with Crippen LogP contribution < -0.4 is 10.6 Å². The molecular formula is C22H39IN4O2. The van der Waals surface area contributed by atoms with Gasteiger partial charge in [-0.15, -0.1) is 24.0 Å². The minimum atomic E-state index is 0. The molecule has 1 aliphatic heterocycles. The number of rotatable bonds is 11. The van der Waals surface area contributed by atoms with Crippen LogP contribution in [0.5, 0.6) is 0 Å². The van der Waals surface area contributed by atoms with Gasteiger partial charge in [-0.1, -0.05) is 13.3 Å². The lowest BCUT2D eigenvalue weighted by Crippen LogP contribution is -2.46. The molecule has 0 spiro atoms. The Hall–Kier alpha value is -0.800. The molecule has 0 radical (unpaired) electrons. The van der Waals surface area contributed by atoms with Crippen LogP contribution in [0.4, 0.5) is 0 Å². The molecule has 0 aromatic carbocycles. The maximum Gasteiger partial charge on any atom is 0.191 e. The van der Waals surface area contributed by atoms with Gasteiger partial charge in [-0.05, 0) is 62.7 Å². The van der Waals surface area contributed by atoms with Gasteiger partial charge in [0, 0.05) is 45.8 Å². The molecule has 2 aliphatic rings. The average molecular weight is 518 g/mol. The van der Waals surface area contributed by atoms with Gasteiger partial charge < -0.3 is 19.8 Å². The first-order valence-corrected chi connectivity index (χ1v) is 11.0. The Labute approximate surface area is 193 Å². The molecule has 1 saturated heterocycles. The summed E-state index contributed by atoms with van der Waals surface area (Å²) >= 11 is 0. The van der Waals surface area contributed by atoms with E-state index < -0.39 is 0 Å². The molecular weight excluding hydrogens is 479 g/mol. The summed E-state index contributed by atoms with van der Waals surface area (Å²) in [5, 5.41) is 7.14. The van der Waals surface area contributed by atoms with Gasteiger partial charge in [-0.2, -0.15) is 0 Å². The normalized spacial score (nSPS) is 21.4. The second-order valence-corrected chi connectivity index (χ2v) is 8.32. The van der Waals surface area contributed by atoms with Crippen LogP contribution in [-0.4, -0.2) is 63.3 Å². The SMILES string of the molecule is CCN1CCCC1CNC(=NCC1(CCOC)CCC1)NCCc1ccco1.I. The van der Waals surface area contributed by atoms with Crippen molar-refractivity contribution < 1.29 is 9.15 Å². The van der Waals surface area contributed by atoms with E-state index in [1.54, 1.807) is 13.4 Å². The van der Waals surface area contributed by atoms with Crippen molar-refractivity contribution in [1.29, 1.82) is 0 Å². The van der Waals surface area contributed by atoms with Crippen molar-refractivity contribution in [2.24, 2.45) is 10.4 Å². The van der Waals surface area contributed by atoms with E-state index in [9.17, 15) is 0 Å². The first kappa shape index (κ1) is 24.5. The number of guanidine groups is 1. The predicted octanol–water partition coefficient (Wildman–Crippen LogP) is 3.67. The fraction of sp³-hybridized carbons (Fsp3) is 0.773. The second-order valence-electron chi connectivity index (χ2n) is 8.32. The number of hydrogen-bond acceptors (Lipinski definition) is 4. The van der Waals surface area contributed by atoms with Crippen LogP contribution in [0.3, 0.4) is 0 Å². The lowest BCUT2D eigenvalue weighted by Gasteiger charge is -2.40. The molecule has 3 rings (SSSR count). The van der Waals surface area contributed by atoms with E-state index in [2.05, 4.69) is 22.5 Å². The highest BCUT2D eigenvalue weighted by Crippen LogP contribution is 2.44. The number of furan rings is 1. The van der Waals surface area contributed by atoms with Crippen molar-refractivity contribution >= 4 is 29.9 Å². The molecule has 1 saturated carbocycles. The van der Waals surface area contributed by atoms with Crippen LogP contribution in [0, 0.1) is 5.41 Å². The third-order valence-corrected chi connectivity index (χ3v) is 6.48. The fourth-order valence-corrected chi connectivity index (χ4v) is 4.42. The number of likely N-dealkylation sites (tertiary alicyclic amines) is 1. The van der Waals surface area contributed by atoms with Crippen LogP contribution in [0.25, 0.3) is 0 Å². The molecule has 0 amide bonds. The minimum absolute atomic E-state index is 0. The van der Waals surface area contributed by atoms with Gasteiger partial charge in [0.15, 0.2) is 5.96 Å². The molecule has 7 heteroatoms. The van der Waals surface area contributed by atoms with E-state index in [4.69, 9.17) is 14.1 Å². The topological polar surface area (TPSA) is 62.0 Å². The van der Waals surface area contributed by atoms with Gasteiger partial charge in [-0.3, -0.25) is 9.89 Å². The standard InChI is InChI=1S/C22H38N4O2.HI/c1-3-26-14-4-7-19(26)17-24-21(23-13-9-20-8-5-15-28-20)25-18-22(10-6-11-22)12-16-27-2;/h5,8,15,19H,3-4,6-7,9-14,16-18H2,1-2H3,(H2,23,24,25);1H. The number of likely N-dealkylation sites (N-methyl/N-ethyl adjacent to an activating group) is 1. The van der Waals surface area contributed by atoms with Crippen LogP contribution in [0.2, 0.25) is 0 Å². The number of ether oxygens (including phenoxy) is 1. The molecule has 1 aromatic rings. The average Bonchev–Trinajstić information content (AvgIpc) is 3.35. The highest BCUT2D eigenvalue weighted by atomic mass is 127. The van der Waals surface area contributed by atoms with E-state index in [0.717, 1.165) is 57.3 Å². The molecule has 29 heavy (non-hydrogen) atoms. The molecule has 166 valence electrons. The fourth-order valence-electron chi connectivity index (χ4n) is 4.42. The minimum Gasteiger partial charge on any atom is -0.469 e. The quantitative estimate of drug-likeness (QED) is 0.266. The molecule has 1 aliphatic carbocycles. The van der Waals surface area contributed by atoms with E-state index in [0.29, 0.717) is 11.5 Å². The monoisotopic (exact) mass is 518 g/mol. The van der Waals surface area contributed by atoms with Gasteiger partial charge in [-0.25, -0.2) is 0 Å². The van der Waals surface area contributed by atoms with Crippen molar-refractivity contribution in [3.05, 3.63) is 24.2 Å². The van der Waals surface area contributed by atoms with Gasteiger partial charge in [0.25, 0.3) is 0 Å². The van der Waals surface area contributed by atoms with E-state index in [-0.39, 0.29) is 24.0 Å². The molecule has 1 aromatic heterocycles. The smallest absolute Gasteiger partial charge is 0.191 e. The zero-order chi connectivity index (χ0) is 19.7. The van der Waals surface area contributed by atoms with Crippen molar-refractivity contribution in [2.75, 3.05) is 46.4 Å². The Kier molecular flexibility index (Phi) is 10.8. The number of halogens is 1. The number of methoxy groups -OCH3 is 1. The van der Waals surface area contributed by atoms with Gasteiger partial charge in [0.1, 0.15) is 5.76 Å². The second kappa shape index (κ2) is 12.8. The molecule has 0 bridgehead atoms. The van der Waals surface area contributed by atoms with Crippen LogP contribution in [-0.2, 0) is 11.2 Å². The van der Waals surface area contributed by atoms with Crippen LogP contribution >= 0.6 is 24.0 Å². The Morgan fingerprint density at radius 2 is 2.21 bits per heavy atom. The summed E-state index contributed by atoms with van der Waals surface area (Å²) in [6.07, 6.45) is 10.2. The summed E-state index contributed by atoms with van der Waals surface area (Å²) in [5.74, 6) is 1.95. The maximum atomic E-state index is 5.45. The first-order valence-electron chi connectivity index (χ1n) is 11.0. The van der Waals surface area contributed by atoms with E-state index >= 15 is 0 Å². The molecule has 6 nitrogen and oxygen atoms in total. The lowest BCUT2D eigenvalue weighted by molar-refractivity contribution is 0.0778. The molecule has 2 N–H and O–H groups in total. The Morgan fingerprint density at radius 1 is 1.34 bits per heavy atom. The Balaban J connectivity index is 0.00000300. The van der Waals surface area contributed by atoms with Gasteiger partial charge >= 0.3 is 0 Å². The summed E-state index contributed by atoms with van der Waals surface area (Å²) < 4.78 is 10.8. The Morgan fingerprint density at radius 3 is 2.86 bits per heavy atom. The van der Waals surface area contributed by atoms with Crippen molar-refractivity contribution in [2.45, 2.75) is 57.9 Å². The lowest BCUT2D eigenvalue weighted by atomic mass is 9.67. The first-order chi connectivity index (χ1) is 13.7. The van der Waals surface area contributed by atoms with E-state index in [1.807, 2.05) is 12.1 Å². The largest absolute Gasteiger partial charge is 0.469 e. The number of aliphatic imine (C=N–C) groups is 1. The van der Waals surface area contributed by atoms with Crippen LogP contribution in [0.15, 0.2) is 27.8 Å². The van der Waals surface area contributed by atoms with Crippen molar-refractivity contribution in [3.63, 3.8) is 0 Å². The molecule has 1 atom stereocenters. The zero-order valence-corrected chi connectivity index (χ0v) is 20.5. The summed E-state index contributed by atoms with van der Waals surface area (Å²) in [6, 6.07) is 4.59. The summed E-state index contributed by atoms with van der Waals surface area (Å²) in [5.41, 5.74) is 0.342. The number of hydrogen-bond donors (Lipinski definition) is 2. The molecule has 2 fully saturated rings. The highest BCUT2D eigenvalue weighted by molar-refractivity contribution is 14.0. The van der Waals surface area contributed by atoms with Gasteiger partial charge in [0.05, 0.1) is 6.26 Å². The maximum absolute atomic E-state index is 5.45. The third kappa shape index (κ3) is 7.43. The summed E-state index contributed by atoms with van der Waals surface area (Å²) in [4.78, 5) is 7.56. The number of nitrogens with zero attached hydrogens (tertiary/aromatic N) is 2. The summed E-state index contributed by atoms with van der Waals surface area (Å²) in [6.45, 7) is 8.11. The van der Waals surface area contributed by atoms with E-state index in [1.165, 1.54) is 38.6 Å². The molecule has 2 heterocycles. The predicted molar refractivity (Wildman–Crippen MR) is 129 cm³/mol. The van der Waals surface area contributed by atoms with Crippen molar-refractivity contribution in [1.82, 2.24) is 15.5 Å². The molecule has 1 unspecified atom stereocenters. The summed E-state index contributed by atoms with van der Waals surface area (Å²) in [7, 11) is 1.79. The zero-order valence-electron chi connectivity index (χ0n) is 18.1.